The smallest absolute Gasteiger partial charge is 0.210 e. The van der Waals surface area contributed by atoms with Gasteiger partial charge in [-0.05, 0) is 45.2 Å². The zero-order valence-corrected chi connectivity index (χ0v) is 16.2. The molecule has 2 aliphatic rings. The maximum Gasteiger partial charge on any atom is 0.210 e. The second-order valence-electron chi connectivity index (χ2n) is 6.54. The summed E-state index contributed by atoms with van der Waals surface area (Å²) in [4.78, 5) is 28.7. The van der Waals surface area contributed by atoms with Crippen molar-refractivity contribution in [1.82, 2.24) is 10.4 Å². The van der Waals surface area contributed by atoms with Gasteiger partial charge in [-0.3, -0.25) is 9.79 Å². The monoisotopic (exact) mass is 372 g/mol. The number of hydrogen-bond acceptors (Lipinski definition) is 6. The van der Waals surface area contributed by atoms with Crippen LogP contribution in [0.2, 0.25) is 0 Å². The van der Waals surface area contributed by atoms with Crippen LogP contribution in [-0.4, -0.2) is 42.7 Å². The standard InChI is InChI=1S/C19H24N4O2S/c1-13(20-3)17(26-4)14-7-9-15(10-8-14)19(2)21-18(22-25-19)16-6-5-11-23(16)12-24/h7-10,12,16H,3,5-6,11H2,1-2,4H3,(H,21,22)/b17-13-. The molecule has 0 radical (unpaired) electrons. The first-order valence-corrected chi connectivity index (χ1v) is 9.82. The van der Waals surface area contributed by atoms with E-state index in [1.54, 1.807) is 16.7 Å². The summed E-state index contributed by atoms with van der Waals surface area (Å²) in [5.41, 5.74) is 5.08. The Labute approximate surface area is 158 Å². The molecule has 1 aromatic rings. The Balaban J connectivity index is 1.85. The zero-order valence-electron chi connectivity index (χ0n) is 15.4. The van der Waals surface area contributed by atoms with Gasteiger partial charge in [-0.25, -0.2) is 15.3 Å². The summed E-state index contributed by atoms with van der Waals surface area (Å²) in [5, 5.41) is 0. The number of aliphatic imine (C=N–C) groups is 2. The predicted octanol–water partition coefficient (Wildman–Crippen LogP) is 3.17. The van der Waals surface area contributed by atoms with E-state index >= 15 is 0 Å². The van der Waals surface area contributed by atoms with Gasteiger partial charge in [-0.15, -0.1) is 11.8 Å². The summed E-state index contributed by atoms with van der Waals surface area (Å²) in [6.07, 6.45) is 4.80. The first-order chi connectivity index (χ1) is 12.5. The van der Waals surface area contributed by atoms with Crippen LogP contribution in [-0.2, 0) is 15.4 Å². The Hall–Kier alpha value is -2.12. The summed E-state index contributed by atoms with van der Waals surface area (Å²) in [6, 6.07) is 8.10. The van der Waals surface area contributed by atoms with Crippen molar-refractivity contribution in [3.8, 4) is 0 Å². The number of hydrogen-bond donors (Lipinski definition) is 1. The number of allylic oxidation sites excluding steroid dienone is 1. The number of nitrogens with one attached hydrogen (secondary N) is 1. The van der Waals surface area contributed by atoms with Crippen LogP contribution in [0, 0.1) is 0 Å². The highest BCUT2D eigenvalue weighted by Gasteiger charge is 2.39. The SMILES string of the molecule is C=N/C(C)=C(\SC)c1ccc(C2(C)N=C(C3CCCN3C=O)NO2)cc1. The summed E-state index contributed by atoms with van der Waals surface area (Å²) in [5.74, 6) is 0.720. The number of thioether (sulfide) groups is 1. The average molecular weight is 372 g/mol. The lowest BCUT2D eigenvalue weighted by molar-refractivity contribution is -0.118. The van der Waals surface area contributed by atoms with Crippen LogP contribution in [0.3, 0.4) is 0 Å². The first-order valence-electron chi connectivity index (χ1n) is 8.59. The van der Waals surface area contributed by atoms with Crippen LogP contribution in [0.4, 0.5) is 0 Å². The number of hydroxylamine groups is 1. The van der Waals surface area contributed by atoms with E-state index in [1.165, 1.54) is 0 Å². The molecule has 1 aromatic carbocycles. The fraction of sp³-hybridized carbons (Fsp3) is 0.421. The van der Waals surface area contributed by atoms with Crippen LogP contribution < -0.4 is 5.48 Å². The topological polar surface area (TPSA) is 66.3 Å². The van der Waals surface area contributed by atoms with E-state index in [0.29, 0.717) is 0 Å². The normalized spacial score (nSPS) is 26.2. The van der Waals surface area contributed by atoms with Crippen molar-refractivity contribution in [2.45, 2.75) is 38.5 Å². The van der Waals surface area contributed by atoms with Crippen molar-refractivity contribution in [3.05, 3.63) is 41.1 Å². The number of amidine groups is 1. The average Bonchev–Trinajstić information content (AvgIpc) is 3.29. The molecular formula is C19H24N4O2S. The summed E-state index contributed by atoms with van der Waals surface area (Å²) in [6.45, 7) is 8.25. The number of benzene rings is 1. The Morgan fingerprint density at radius 1 is 1.50 bits per heavy atom. The van der Waals surface area contributed by atoms with Crippen molar-refractivity contribution in [1.29, 1.82) is 0 Å². The molecule has 0 bridgehead atoms. The molecule has 2 heterocycles. The molecule has 1 fully saturated rings. The number of rotatable bonds is 6. The van der Waals surface area contributed by atoms with Crippen LogP contribution >= 0.6 is 11.8 Å². The van der Waals surface area contributed by atoms with Gasteiger partial charge in [0.05, 0.1) is 11.7 Å². The second-order valence-corrected chi connectivity index (χ2v) is 7.36. The summed E-state index contributed by atoms with van der Waals surface area (Å²) >= 11 is 1.65. The molecule has 0 aromatic heterocycles. The molecule has 2 unspecified atom stereocenters. The van der Waals surface area contributed by atoms with E-state index in [9.17, 15) is 4.79 Å². The molecule has 2 aliphatic heterocycles. The van der Waals surface area contributed by atoms with Crippen molar-refractivity contribution in [2.75, 3.05) is 12.8 Å². The van der Waals surface area contributed by atoms with Crippen molar-refractivity contribution >= 4 is 35.6 Å². The quantitative estimate of drug-likeness (QED) is 0.615. The van der Waals surface area contributed by atoms with Crippen LogP contribution in [0.1, 0.15) is 37.8 Å². The third-order valence-electron chi connectivity index (χ3n) is 4.89. The molecule has 1 N–H and O–H groups in total. The Kier molecular flexibility index (Phi) is 5.48. The van der Waals surface area contributed by atoms with Crippen molar-refractivity contribution in [3.63, 3.8) is 0 Å². The van der Waals surface area contributed by atoms with E-state index in [1.807, 2.05) is 44.4 Å². The van der Waals surface area contributed by atoms with Gasteiger partial charge in [-0.2, -0.15) is 0 Å². The molecule has 0 aliphatic carbocycles. The van der Waals surface area contributed by atoms with Gasteiger partial charge >= 0.3 is 0 Å². The molecule has 138 valence electrons. The van der Waals surface area contributed by atoms with Gasteiger partial charge in [0, 0.05) is 17.0 Å². The molecule has 7 heteroatoms. The number of likely N-dealkylation sites (tertiary alicyclic amines) is 1. The van der Waals surface area contributed by atoms with Gasteiger partial charge in [0.25, 0.3) is 0 Å². The number of nitrogens with zero attached hydrogens (tertiary/aromatic N) is 3. The van der Waals surface area contributed by atoms with Crippen LogP contribution in [0.5, 0.6) is 0 Å². The maximum atomic E-state index is 11.2. The Morgan fingerprint density at radius 3 is 2.85 bits per heavy atom. The third-order valence-corrected chi connectivity index (χ3v) is 5.83. The van der Waals surface area contributed by atoms with Crippen molar-refractivity contribution in [2.24, 2.45) is 9.98 Å². The van der Waals surface area contributed by atoms with E-state index in [2.05, 4.69) is 17.2 Å². The highest BCUT2D eigenvalue weighted by atomic mass is 32.2. The molecule has 0 saturated carbocycles. The fourth-order valence-electron chi connectivity index (χ4n) is 3.38. The van der Waals surface area contributed by atoms with Gasteiger partial charge in [0.1, 0.15) is 5.84 Å². The molecule has 2 atom stereocenters. The molecule has 1 saturated heterocycles. The van der Waals surface area contributed by atoms with Gasteiger partial charge in [0.2, 0.25) is 12.1 Å². The summed E-state index contributed by atoms with van der Waals surface area (Å²) in [7, 11) is 0. The summed E-state index contributed by atoms with van der Waals surface area (Å²) < 4.78 is 0. The zero-order chi connectivity index (χ0) is 18.7. The minimum absolute atomic E-state index is 0.0269. The third kappa shape index (κ3) is 3.41. The lowest BCUT2D eigenvalue weighted by atomic mass is 10.0. The molecule has 3 rings (SSSR count). The minimum atomic E-state index is -0.806. The molecule has 1 amide bonds. The lowest BCUT2D eigenvalue weighted by Gasteiger charge is -2.19. The molecule has 0 spiro atoms. The van der Waals surface area contributed by atoms with Gasteiger partial charge < -0.3 is 4.90 Å². The van der Waals surface area contributed by atoms with E-state index in [-0.39, 0.29) is 6.04 Å². The Morgan fingerprint density at radius 2 is 2.23 bits per heavy atom. The van der Waals surface area contributed by atoms with E-state index in [0.717, 1.165) is 53.4 Å². The van der Waals surface area contributed by atoms with Gasteiger partial charge in [0.15, 0.2) is 0 Å². The predicted molar refractivity (Wildman–Crippen MR) is 107 cm³/mol. The maximum absolute atomic E-state index is 11.2. The minimum Gasteiger partial charge on any atom is -0.335 e. The second kappa shape index (κ2) is 7.63. The van der Waals surface area contributed by atoms with Crippen LogP contribution in [0.25, 0.3) is 4.91 Å². The lowest BCUT2D eigenvalue weighted by Crippen LogP contribution is -2.40. The van der Waals surface area contributed by atoms with Crippen LogP contribution in [0.15, 0.2) is 39.9 Å². The molecular weight excluding hydrogens is 348 g/mol. The molecule has 6 nitrogen and oxygen atoms in total. The van der Waals surface area contributed by atoms with Gasteiger partial charge in [-0.1, -0.05) is 24.3 Å². The fourth-order valence-corrected chi connectivity index (χ4v) is 4.11. The number of amides is 1. The van der Waals surface area contributed by atoms with E-state index in [4.69, 9.17) is 9.83 Å². The molecule has 26 heavy (non-hydrogen) atoms. The largest absolute Gasteiger partial charge is 0.335 e. The Bertz CT molecular complexity index is 759. The number of carbonyl (C=O) groups is 1. The van der Waals surface area contributed by atoms with E-state index < -0.39 is 5.72 Å². The highest BCUT2D eigenvalue weighted by Crippen LogP contribution is 2.34. The van der Waals surface area contributed by atoms with Crippen molar-refractivity contribution < 1.29 is 9.63 Å². The number of carbonyl (C=O) groups excluding carboxylic acids is 1. The highest BCUT2D eigenvalue weighted by molar-refractivity contribution is 8.07. The first kappa shape index (κ1) is 18.7.